The van der Waals surface area contributed by atoms with Crippen LogP contribution in [0, 0.1) is 6.57 Å². The molecule has 1 aliphatic heterocycles. The lowest BCUT2D eigenvalue weighted by Gasteiger charge is -2.10. The maximum Gasteiger partial charge on any atom is 0.307 e. The average Bonchev–Trinajstić information content (AvgIpc) is 3.31. The van der Waals surface area contributed by atoms with Gasteiger partial charge in [0, 0.05) is 25.7 Å². The van der Waals surface area contributed by atoms with E-state index in [-0.39, 0.29) is 23.9 Å². The SMILES string of the molecule is [C-]#[N+]c1ccc(OC)c(-c2cnc(C(=O)N[C@H]3CN[C@H](COC)C3)o2)c1. The lowest BCUT2D eigenvalue weighted by atomic mass is 10.1. The van der Waals surface area contributed by atoms with E-state index < -0.39 is 0 Å². The summed E-state index contributed by atoms with van der Waals surface area (Å²) in [6.45, 7) is 8.41. The number of ether oxygens (including phenoxy) is 2. The zero-order valence-corrected chi connectivity index (χ0v) is 14.6. The van der Waals surface area contributed by atoms with E-state index >= 15 is 0 Å². The molecular weight excluding hydrogens is 336 g/mol. The van der Waals surface area contributed by atoms with Crippen LogP contribution in [-0.2, 0) is 4.74 Å². The van der Waals surface area contributed by atoms with Gasteiger partial charge in [-0.25, -0.2) is 9.83 Å². The van der Waals surface area contributed by atoms with E-state index in [1.165, 1.54) is 13.3 Å². The summed E-state index contributed by atoms with van der Waals surface area (Å²) < 4.78 is 16.0. The smallest absolute Gasteiger partial charge is 0.307 e. The second kappa shape index (κ2) is 7.99. The minimum absolute atomic E-state index is 0.00187. The van der Waals surface area contributed by atoms with Crippen molar-refractivity contribution >= 4 is 11.6 Å². The molecule has 2 heterocycles. The number of amides is 1. The standard InChI is InChI=1S/C18H20N4O4/c1-19-11-4-5-15(25-3)14(7-11)16-9-21-18(26-16)17(23)22-12-6-13(10-24-2)20-8-12/h4-5,7,9,12-13,20H,6,8,10H2,2-3H3,(H,22,23)/t12-,13+/m1/s1. The summed E-state index contributed by atoms with van der Waals surface area (Å²) in [4.78, 5) is 19.8. The molecule has 2 atom stereocenters. The van der Waals surface area contributed by atoms with Gasteiger partial charge in [0.2, 0.25) is 0 Å². The summed E-state index contributed by atoms with van der Waals surface area (Å²) >= 11 is 0. The van der Waals surface area contributed by atoms with E-state index in [9.17, 15) is 4.79 Å². The Kier molecular flexibility index (Phi) is 5.51. The van der Waals surface area contributed by atoms with Gasteiger partial charge in [-0.1, -0.05) is 6.07 Å². The van der Waals surface area contributed by atoms with Crippen molar-refractivity contribution in [1.29, 1.82) is 0 Å². The molecule has 2 aromatic rings. The Bertz CT molecular complexity index is 827. The normalized spacial score (nSPS) is 19.1. The van der Waals surface area contributed by atoms with Gasteiger partial charge in [0.25, 0.3) is 5.89 Å². The molecular formula is C18H20N4O4. The van der Waals surface area contributed by atoms with Gasteiger partial charge in [0.1, 0.15) is 5.75 Å². The van der Waals surface area contributed by atoms with Crippen molar-refractivity contribution in [3.8, 4) is 17.1 Å². The number of carbonyl (C=O) groups excluding carboxylic acids is 1. The van der Waals surface area contributed by atoms with Crippen LogP contribution in [-0.4, -0.2) is 50.3 Å². The van der Waals surface area contributed by atoms with E-state index in [1.54, 1.807) is 25.3 Å². The van der Waals surface area contributed by atoms with Crippen molar-refractivity contribution in [1.82, 2.24) is 15.6 Å². The maximum absolute atomic E-state index is 12.4. The van der Waals surface area contributed by atoms with Gasteiger partial charge in [-0.2, -0.15) is 0 Å². The first-order valence-electron chi connectivity index (χ1n) is 8.19. The molecule has 0 bridgehead atoms. The molecule has 2 N–H and O–H groups in total. The zero-order valence-electron chi connectivity index (χ0n) is 14.6. The second-order valence-electron chi connectivity index (χ2n) is 5.99. The molecule has 0 aliphatic carbocycles. The minimum Gasteiger partial charge on any atom is -0.496 e. The predicted octanol–water partition coefficient (Wildman–Crippen LogP) is 2.01. The third kappa shape index (κ3) is 3.85. The van der Waals surface area contributed by atoms with Gasteiger partial charge >= 0.3 is 5.91 Å². The first-order valence-corrected chi connectivity index (χ1v) is 8.19. The number of carbonyl (C=O) groups is 1. The van der Waals surface area contributed by atoms with E-state index in [0.29, 0.717) is 35.9 Å². The third-order valence-electron chi connectivity index (χ3n) is 4.20. The second-order valence-corrected chi connectivity index (χ2v) is 5.99. The summed E-state index contributed by atoms with van der Waals surface area (Å²) in [5.41, 5.74) is 1.03. The van der Waals surface area contributed by atoms with Crippen LogP contribution in [0.1, 0.15) is 17.1 Å². The van der Waals surface area contributed by atoms with Gasteiger partial charge in [-0.15, -0.1) is 0 Å². The van der Waals surface area contributed by atoms with E-state index in [1.807, 2.05) is 0 Å². The Balaban J connectivity index is 1.72. The molecule has 1 amide bonds. The van der Waals surface area contributed by atoms with Gasteiger partial charge in [-0.05, 0) is 18.6 Å². The molecule has 136 valence electrons. The van der Waals surface area contributed by atoms with E-state index in [2.05, 4.69) is 20.5 Å². The number of oxazole rings is 1. The van der Waals surface area contributed by atoms with Crippen molar-refractivity contribution in [3.63, 3.8) is 0 Å². The summed E-state index contributed by atoms with van der Waals surface area (Å²) in [5.74, 6) is 0.522. The average molecular weight is 356 g/mol. The van der Waals surface area contributed by atoms with Crippen LogP contribution in [0.4, 0.5) is 5.69 Å². The quantitative estimate of drug-likeness (QED) is 0.770. The fourth-order valence-electron chi connectivity index (χ4n) is 2.97. The molecule has 3 rings (SSSR count). The molecule has 0 saturated carbocycles. The van der Waals surface area contributed by atoms with Crippen LogP contribution >= 0.6 is 0 Å². The fraction of sp³-hybridized carbons (Fsp3) is 0.389. The van der Waals surface area contributed by atoms with Crippen molar-refractivity contribution in [2.24, 2.45) is 0 Å². The Hall–Kier alpha value is -2.89. The van der Waals surface area contributed by atoms with Crippen molar-refractivity contribution < 1.29 is 18.7 Å². The summed E-state index contributed by atoms with van der Waals surface area (Å²) in [5, 5.41) is 6.19. The highest BCUT2D eigenvalue weighted by molar-refractivity contribution is 5.90. The minimum atomic E-state index is -0.374. The topological polar surface area (TPSA) is 90.0 Å². The van der Waals surface area contributed by atoms with Crippen LogP contribution in [0.15, 0.2) is 28.8 Å². The monoisotopic (exact) mass is 356 g/mol. The number of hydrogen-bond donors (Lipinski definition) is 2. The molecule has 1 fully saturated rings. The van der Waals surface area contributed by atoms with Gasteiger partial charge in [-0.3, -0.25) is 4.79 Å². The number of nitrogens with zero attached hydrogens (tertiary/aromatic N) is 2. The summed E-state index contributed by atoms with van der Waals surface area (Å²) in [7, 11) is 3.18. The molecule has 26 heavy (non-hydrogen) atoms. The van der Waals surface area contributed by atoms with Crippen LogP contribution in [0.3, 0.4) is 0 Å². The number of methoxy groups -OCH3 is 2. The molecule has 8 nitrogen and oxygen atoms in total. The molecule has 1 aliphatic rings. The molecule has 1 saturated heterocycles. The van der Waals surface area contributed by atoms with Crippen molar-refractivity contribution in [2.45, 2.75) is 18.5 Å². The van der Waals surface area contributed by atoms with E-state index in [4.69, 9.17) is 20.5 Å². The van der Waals surface area contributed by atoms with Crippen LogP contribution in [0.5, 0.6) is 5.75 Å². The lowest BCUT2D eigenvalue weighted by Crippen LogP contribution is -2.36. The van der Waals surface area contributed by atoms with Gasteiger partial charge < -0.3 is 24.5 Å². The Morgan fingerprint density at radius 1 is 1.50 bits per heavy atom. The zero-order chi connectivity index (χ0) is 18.5. The maximum atomic E-state index is 12.4. The van der Waals surface area contributed by atoms with Crippen LogP contribution in [0.2, 0.25) is 0 Å². The highest BCUT2D eigenvalue weighted by Crippen LogP contribution is 2.33. The third-order valence-corrected chi connectivity index (χ3v) is 4.20. The first kappa shape index (κ1) is 17.9. The lowest BCUT2D eigenvalue weighted by molar-refractivity contribution is 0.0904. The number of aromatic nitrogens is 1. The summed E-state index contributed by atoms with van der Waals surface area (Å²) in [6.07, 6.45) is 2.25. The largest absolute Gasteiger partial charge is 0.496 e. The number of benzene rings is 1. The highest BCUT2D eigenvalue weighted by atomic mass is 16.5. The van der Waals surface area contributed by atoms with Crippen LogP contribution < -0.4 is 15.4 Å². The molecule has 0 radical (unpaired) electrons. The number of rotatable bonds is 6. The van der Waals surface area contributed by atoms with E-state index in [0.717, 1.165) is 6.42 Å². The Morgan fingerprint density at radius 3 is 3.08 bits per heavy atom. The number of hydrogen-bond acceptors (Lipinski definition) is 6. The van der Waals surface area contributed by atoms with Gasteiger partial charge in [0.05, 0.1) is 32.0 Å². The molecule has 8 heteroatoms. The Morgan fingerprint density at radius 2 is 2.35 bits per heavy atom. The highest BCUT2D eigenvalue weighted by Gasteiger charge is 2.27. The first-order chi connectivity index (χ1) is 12.6. The van der Waals surface area contributed by atoms with Crippen molar-refractivity contribution in [3.05, 3.63) is 41.7 Å². The molecule has 1 aromatic heterocycles. The van der Waals surface area contributed by atoms with Crippen LogP contribution in [0.25, 0.3) is 16.2 Å². The molecule has 0 unspecified atom stereocenters. The number of nitrogens with one attached hydrogen (secondary N) is 2. The molecule has 1 aromatic carbocycles. The van der Waals surface area contributed by atoms with Gasteiger partial charge in [0.15, 0.2) is 11.4 Å². The molecule has 0 spiro atoms. The summed E-state index contributed by atoms with van der Waals surface area (Å²) in [6, 6.07) is 5.21. The fourth-order valence-corrected chi connectivity index (χ4v) is 2.97. The predicted molar refractivity (Wildman–Crippen MR) is 94.3 cm³/mol. The Labute approximate surface area is 151 Å². The van der Waals surface area contributed by atoms with Crippen molar-refractivity contribution in [2.75, 3.05) is 27.4 Å².